The van der Waals surface area contributed by atoms with Crippen LogP contribution in [0.4, 0.5) is 4.79 Å². The molecule has 0 saturated carbocycles. The summed E-state index contributed by atoms with van der Waals surface area (Å²) in [6.45, 7) is 1.46. The number of carbonyl (C=O) groups is 2. The number of carbonyl (C=O) groups excluding carboxylic acids is 2. The Bertz CT molecular complexity index is 747. The molecular weight excluding hydrogens is 388 g/mol. The van der Waals surface area contributed by atoms with E-state index in [1.165, 1.54) is 4.31 Å². The minimum atomic E-state index is -3.43. The molecule has 1 fully saturated rings. The maximum atomic E-state index is 12.1. The summed E-state index contributed by atoms with van der Waals surface area (Å²) in [5.74, 6) is 0.167. The van der Waals surface area contributed by atoms with Gasteiger partial charge in [-0.2, -0.15) is 4.31 Å². The minimum Gasteiger partial charge on any atom is -0.497 e. The van der Waals surface area contributed by atoms with Crippen LogP contribution in [0.2, 0.25) is 0 Å². The van der Waals surface area contributed by atoms with E-state index < -0.39 is 16.1 Å². The van der Waals surface area contributed by atoms with Gasteiger partial charge in [-0.1, -0.05) is 12.1 Å². The summed E-state index contributed by atoms with van der Waals surface area (Å²) < 4.78 is 35.8. The van der Waals surface area contributed by atoms with E-state index >= 15 is 0 Å². The number of hydrogen-bond donors (Lipinski definition) is 3. The Morgan fingerprint density at radius 2 is 1.79 bits per heavy atom. The summed E-state index contributed by atoms with van der Waals surface area (Å²) in [4.78, 5) is 23.5. The van der Waals surface area contributed by atoms with Crippen molar-refractivity contribution in [1.82, 2.24) is 20.3 Å². The zero-order valence-corrected chi connectivity index (χ0v) is 16.6. The van der Waals surface area contributed by atoms with Gasteiger partial charge in [-0.15, -0.1) is 0 Å². The molecule has 156 valence electrons. The molecular formula is C17H26N4O6S. The summed E-state index contributed by atoms with van der Waals surface area (Å²) in [6, 6.07) is 6.63. The van der Waals surface area contributed by atoms with Crippen LogP contribution in [0.3, 0.4) is 0 Å². The standard InChI is InChI=1S/C17H26N4O6S/c1-26-15-4-2-14(3-5-15)12-19-16(22)13-20-17(23)18-6-11-28(24,25)21-7-9-27-10-8-21/h2-5H,6-13H2,1H3,(H,19,22)(H2,18,20,23). The predicted molar refractivity (Wildman–Crippen MR) is 102 cm³/mol. The van der Waals surface area contributed by atoms with Gasteiger partial charge >= 0.3 is 6.03 Å². The second kappa shape index (κ2) is 10.8. The van der Waals surface area contributed by atoms with Gasteiger partial charge in [0, 0.05) is 26.2 Å². The van der Waals surface area contributed by atoms with Crippen molar-refractivity contribution < 1.29 is 27.5 Å². The van der Waals surface area contributed by atoms with Crippen LogP contribution < -0.4 is 20.7 Å². The van der Waals surface area contributed by atoms with Crippen molar-refractivity contribution in [3.8, 4) is 5.75 Å². The van der Waals surface area contributed by atoms with Gasteiger partial charge in [0.25, 0.3) is 0 Å². The van der Waals surface area contributed by atoms with E-state index in [0.717, 1.165) is 11.3 Å². The van der Waals surface area contributed by atoms with E-state index in [4.69, 9.17) is 9.47 Å². The van der Waals surface area contributed by atoms with Gasteiger partial charge in [-0.3, -0.25) is 4.79 Å². The third kappa shape index (κ3) is 7.33. The Hall–Kier alpha value is -2.37. The number of urea groups is 1. The lowest BCUT2D eigenvalue weighted by molar-refractivity contribution is -0.120. The molecule has 0 aromatic heterocycles. The Balaban J connectivity index is 1.61. The molecule has 3 amide bonds. The van der Waals surface area contributed by atoms with Gasteiger partial charge in [0.05, 0.1) is 32.6 Å². The van der Waals surface area contributed by atoms with E-state index in [9.17, 15) is 18.0 Å². The molecule has 0 spiro atoms. The van der Waals surface area contributed by atoms with Crippen LogP contribution in [0.1, 0.15) is 5.56 Å². The maximum Gasteiger partial charge on any atom is 0.315 e. The lowest BCUT2D eigenvalue weighted by Crippen LogP contribution is -2.46. The van der Waals surface area contributed by atoms with E-state index in [0.29, 0.717) is 32.8 Å². The molecule has 28 heavy (non-hydrogen) atoms. The van der Waals surface area contributed by atoms with Crippen LogP contribution in [-0.4, -0.2) is 76.9 Å². The Morgan fingerprint density at radius 3 is 2.43 bits per heavy atom. The quantitative estimate of drug-likeness (QED) is 0.489. The summed E-state index contributed by atoms with van der Waals surface area (Å²) in [5, 5.41) is 7.51. The van der Waals surface area contributed by atoms with Crippen molar-refractivity contribution in [2.24, 2.45) is 0 Å². The lowest BCUT2D eigenvalue weighted by atomic mass is 10.2. The third-order valence-electron chi connectivity index (χ3n) is 4.07. The van der Waals surface area contributed by atoms with Crippen LogP contribution in [-0.2, 0) is 26.1 Å². The van der Waals surface area contributed by atoms with E-state index in [1.807, 2.05) is 12.1 Å². The van der Waals surface area contributed by atoms with Gasteiger partial charge in [0.15, 0.2) is 0 Å². The number of morpholine rings is 1. The van der Waals surface area contributed by atoms with Gasteiger partial charge in [-0.05, 0) is 17.7 Å². The van der Waals surface area contributed by atoms with Crippen LogP contribution in [0.25, 0.3) is 0 Å². The largest absolute Gasteiger partial charge is 0.497 e. The number of benzene rings is 1. The molecule has 1 saturated heterocycles. The lowest BCUT2D eigenvalue weighted by Gasteiger charge is -2.26. The zero-order chi connectivity index (χ0) is 20.4. The van der Waals surface area contributed by atoms with Crippen LogP contribution in [0.15, 0.2) is 24.3 Å². The highest BCUT2D eigenvalue weighted by molar-refractivity contribution is 7.89. The number of nitrogens with one attached hydrogen (secondary N) is 3. The first-order valence-corrected chi connectivity index (χ1v) is 10.5. The Labute approximate surface area is 164 Å². The van der Waals surface area contributed by atoms with Crippen molar-refractivity contribution in [2.45, 2.75) is 6.54 Å². The zero-order valence-electron chi connectivity index (χ0n) is 15.8. The van der Waals surface area contributed by atoms with Gasteiger partial charge in [-0.25, -0.2) is 13.2 Å². The molecule has 0 unspecified atom stereocenters. The average Bonchev–Trinajstić information content (AvgIpc) is 2.71. The van der Waals surface area contributed by atoms with E-state index in [-0.39, 0.29) is 24.7 Å². The van der Waals surface area contributed by atoms with Crippen molar-refractivity contribution in [3.63, 3.8) is 0 Å². The van der Waals surface area contributed by atoms with Crippen molar-refractivity contribution in [2.75, 3.05) is 52.3 Å². The fraction of sp³-hybridized carbons (Fsp3) is 0.529. The summed E-state index contributed by atoms with van der Waals surface area (Å²) in [5.41, 5.74) is 0.895. The summed E-state index contributed by atoms with van der Waals surface area (Å²) >= 11 is 0. The first-order valence-electron chi connectivity index (χ1n) is 8.87. The van der Waals surface area contributed by atoms with Gasteiger partial charge < -0.3 is 25.4 Å². The SMILES string of the molecule is COc1ccc(CNC(=O)CNC(=O)NCCS(=O)(=O)N2CCOCC2)cc1. The third-order valence-corrected chi connectivity index (χ3v) is 5.94. The highest BCUT2D eigenvalue weighted by atomic mass is 32.2. The summed E-state index contributed by atoms with van der Waals surface area (Å²) in [7, 11) is -1.86. The number of sulfonamides is 1. The molecule has 2 rings (SSSR count). The molecule has 0 aliphatic carbocycles. The first kappa shape index (κ1) is 21.9. The fourth-order valence-electron chi connectivity index (χ4n) is 2.48. The highest BCUT2D eigenvalue weighted by Gasteiger charge is 2.23. The molecule has 0 bridgehead atoms. The normalized spacial score (nSPS) is 14.9. The molecule has 10 nitrogen and oxygen atoms in total. The molecule has 1 aliphatic rings. The van der Waals surface area contributed by atoms with Crippen LogP contribution >= 0.6 is 0 Å². The van der Waals surface area contributed by atoms with Gasteiger partial charge in [0.1, 0.15) is 5.75 Å². The number of nitrogens with zero attached hydrogens (tertiary/aromatic N) is 1. The number of methoxy groups -OCH3 is 1. The van der Waals surface area contributed by atoms with Crippen molar-refractivity contribution >= 4 is 22.0 Å². The number of ether oxygens (including phenoxy) is 2. The van der Waals surface area contributed by atoms with Gasteiger partial charge in [0.2, 0.25) is 15.9 Å². The number of hydrogen-bond acceptors (Lipinski definition) is 6. The molecule has 11 heteroatoms. The van der Waals surface area contributed by atoms with E-state index in [2.05, 4.69) is 16.0 Å². The second-order valence-electron chi connectivity index (χ2n) is 6.06. The monoisotopic (exact) mass is 414 g/mol. The minimum absolute atomic E-state index is 0.0427. The molecule has 0 radical (unpaired) electrons. The number of amides is 3. The Morgan fingerprint density at radius 1 is 1.11 bits per heavy atom. The maximum absolute atomic E-state index is 12.1. The smallest absolute Gasteiger partial charge is 0.315 e. The van der Waals surface area contributed by atoms with Crippen LogP contribution in [0.5, 0.6) is 5.75 Å². The molecule has 3 N–H and O–H groups in total. The fourth-order valence-corrected chi connectivity index (χ4v) is 3.80. The van der Waals surface area contributed by atoms with Crippen molar-refractivity contribution in [1.29, 1.82) is 0 Å². The van der Waals surface area contributed by atoms with Crippen molar-refractivity contribution in [3.05, 3.63) is 29.8 Å². The first-order chi connectivity index (χ1) is 13.4. The predicted octanol–water partition coefficient (Wildman–Crippen LogP) is -0.727. The molecule has 1 aliphatic heterocycles. The summed E-state index contributed by atoms with van der Waals surface area (Å²) in [6.07, 6.45) is 0. The molecule has 1 aromatic carbocycles. The second-order valence-corrected chi connectivity index (χ2v) is 8.15. The molecule has 0 atom stereocenters. The van der Waals surface area contributed by atoms with E-state index in [1.54, 1.807) is 19.2 Å². The topological polar surface area (TPSA) is 126 Å². The molecule has 1 heterocycles. The number of rotatable bonds is 9. The average molecular weight is 414 g/mol. The highest BCUT2D eigenvalue weighted by Crippen LogP contribution is 2.10. The van der Waals surface area contributed by atoms with Crippen LogP contribution in [0, 0.1) is 0 Å². The Kier molecular flexibility index (Phi) is 8.48. The molecule has 1 aromatic rings.